The lowest BCUT2D eigenvalue weighted by atomic mass is 9.85. The van der Waals surface area contributed by atoms with E-state index in [4.69, 9.17) is 9.15 Å². The van der Waals surface area contributed by atoms with Crippen LogP contribution in [0.4, 0.5) is 5.69 Å². The molecule has 1 aliphatic rings. The molecular formula is C22H19N5O2. The van der Waals surface area contributed by atoms with Gasteiger partial charge in [0.15, 0.2) is 12.2 Å². The van der Waals surface area contributed by atoms with Gasteiger partial charge in [-0.1, -0.05) is 6.07 Å². The lowest BCUT2D eigenvalue weighted by Crippen LogP contribution is -2.18. The largest absolute Gasteiger partial charge is 0.495 e. The lowest BCUT2D eigenvalue weighted by molar-refractivity contribution is 0.403. The molecule has 0 aliphatic heterocycles. The Balaban J connectivity index is 1.51. The third kappa shape index (κ3) is 2.90. The Morgan fingerprint density at radius 2 is 2.24 bits per heavy atom. The van der Waals surface area contributed by atoms with Crippen LogP contribution in [0.2, 0.25) is 0 Å². The first-order valence-corrected chi connectivity index (χ1v) is 9.52. The lowest BCUT2D eigenvalue weighted by Gasteiger charge is -2.29. The summed E-state index contributed by atoms with van der Waals surface area (Å²) in [5.41, 5.74) is 5.58. The number of aromatic amines is 1. The molecule has 0 radical (unpaired) electrons. The number of H-pyrrole nitrogens is 1. The van der Waals surface area contributed by atoms with Crippen LogP contribution in [0, 0.1) is 11.3 Å². The summed E-state index contributed by atoms with van der Waals surface area (Å²) < 4.78 is 11.0. The van der Waals surface area contributed by atoms with Crippen LogP contribution in [0.1, 0.15) is 35.6 Å². The summed E-state index contributed by atoms with van der Waals surface area (Å²) in [6, 6.07) is 12.4. The zero-order valence-corrected chi connectivity index (χ0v) is 15.9. The highest BCUT2D eigenvalue weighted by Crippen LogP contribution is 2.39. The molecule has 1 aliphatic carbocycles. The highest BCUT2D eigenvalue weighted by atomic mass is 16.5. The molecule has 1 atom stereocenters. The van der Waals surface area contributed by atoms with Gasteiger partial charge in [0.1, 0.15) is 17.5 Å². The molecule has 144 valence electrons. The fraction of sp³-hybridized carbons (Fsp3) is 0.227. The van der Waals surface area contributed by atoms with Crippen LogP contribution in [-0.4, -0.2) is 22.3 Å². The van der Waals surface area contributed by atoms with Crippen LogP contribution in [-0.2, 0) is 6.42 Å². The number of aromatic nitrogens is 3. The zero-order chi connectivity index (χ0) is 19.8. The summed E-state index contributed by atoms with van der Waals surface area (Å²) in [6.07, 6.45) is 6.03. The van der Waals surface area contributed by atoms with Crippen molar-refractivity contribution in [2.24, 2.45) is 0 Å². The predicted molar refractivity (Wildman–Crippen MR) is 109 cm³/mol. The average molecular weight is 385 g/mol. The van der Waals surface area contributed by atoms with Gasteiger partial charge in [0.2, 0.25) is 0 Å². The van der Waals surface area contributed by atoms with Crippen LogP contribution in [0.3, 0.4) is 0 Å². The summed E-state index contributed by atoms with van der Waals surface area (Å²) >= 11 is 0. The molecule has 0 amide bonds. The number of methoxy groups -OCH3 is 1. The van der Waals surface area contributed by atoms with E-state index in [2.05, 4.69) is 32.6 Å². The van der Waals surface area contributed by atoms with Crippen molar-refractivity contribution in [3.05, 3.63) is 59.6 Å². The Bertz CT molecular complexity index is 1220. The molecule has 0 fully saturated rings. The van der Waals surface area contributed by atoms with Crippen molar-refractivity contribution in [2.45, 2.75) is 25.3 Å². The number of rotatable bonds is 4. The number of fused-ring (bicyclic) bond motifs is 2. The molecular weight excluding hydrogens is 366 g/mol. The van der Waals surface area contributed by atoms with E-state index in [0.717, 1.165) is 47.1 Å². The molecule has 2 aromatic carbocycles. The molecule has 7 nitrogen and oxygen atoms in total. The minimum absolute atomic E-state index is 0.151. The molecule has 0 saturated carbocycles. The second-order valence-electron chi connectivity index (χ2n) is 7.11. The van der Waals surface area contributed by atoms with Crippen molar-refractivity contribution in [1.29, 1.82) is 5.26 Å². The molecule has 0 bridgehead atoms. The number of anilines is 1. The molecule has 7 heteroatoms. The summed E-state index contributed by atoms with van der Waals surface area (Å²) in [7, 11) is 1.63. The van der Waals surface area contributed by atoms with Gasteiger partial charge >= 0.3 is 0 Å². The van der Waals surface area contributed by atoms with Gasteiger partial charge in [-0.2, -0.15) is 10.4 Å². The number of hydrogen-bond donors (Lipinski definition) is 2. The topological polar surface area (TPSA) is 99.8 Å². The van der Waals surface area contributed by atoms with Gasteiger partial charge in [0, 0.05) is 16.6 Å². The average Bonchev–Trinajstić information content (AvgIpc) is 3.42. The van der Waals surface area contributed by atoms with E-state index < -0.39 is 0 Å². The van der Waals surface area contributed by atoms with E-state index >= 15 is 0 Å². The predicted octanol–water partition coefficient (Wildman–Crippen LogP) is 4.59. The third-order valence-electron chi connectivity index (χ3n) is 5.49. The van der Waals surface area contributed by atoms with E-state index in [1.807, 2.05) is 24.3 Å². The van der Waals surface area contributed by atoms with Crippen molar-refractivity contribution < 1.29 is 9.15 Å². The number of benzene rings is 2. The summed E-state index contributed by atoms with van der Waals surface area (Å²) in [5.74, 6) is 1.33. The van der Waals surface area contributed by atoms with Crippen molar-refractivity contribution in [3.63, 3.8) is 0 Å². The van der Waals surface area contributed by atoms with Gasteiger partial charge in [-0.15, -0.1) is 0 Å². The van der Waals surface area contributed by atoms with Gasteiger partial charge < -0.3 is 14.5 Å². The number of nitrogens with one attached hydrogen (secondary N) is 2. The van der Waals surface area contributed by atoms with E-state index in [1.54, 1.807) is 13.3 Å². The number of hydrogen-bond acceptors (Lipinski definition) is 6. The Kier molecular flexibility index (Phi) is 4.17. The number of nitrogens with zero attached hydrogens (tertiary/aromatic N) is 3. The minimum Gasteiger partial charge on any atom is -0.495 e. The van der Waals surface area contributed by atoms with Crippen LogP contribution in [0.25, 0.3) is 22.4 Å². The normalized spacial score (nSPS) is 15.7. The maximum absolute atomic E-state index is 9.37. The minimum atomic E-state index is 0.151. The van der Waals surface area contributed by atoms with Crippen LogP contribution >= 0.6 is 0 Å². The van der Waals surface area contributed by atoms with Gasteiger partial charge in [0.25, 0.3) is 0 Å². The molecule has 29 heavy (non-hydrogen) atoms. The Hall–Kier alpha value is -3.79. The van der Waals surface area contributed by atoms with Crippen molar-refractivity contribution in [2.75, 3.05) is 12.4 Å². The molecule has 2 heterocycles. The Morgan fingerprint density at radius 3 is 3.03 bits per heavy atom. The number of nitriles is 1. The SMILES string of the molecule is COc1c(C#N)ccc2c1CCC[C@@H]2Nc1ccc2[nH]nc(-c3cnco3)c2c1. The zero-order valence-electron chi connectivity index (χ0n) is 15.9. The maximum Gasteiger partial charge on any atom is 0.181 e. The van der Waals surface area contributed by atoms with E-state index in [1.165, 1.54) is 12.0 Å². The standard InChI is InChI=1S/C22H19N5O2/c1-28-22-13(10-23)5-7-15-16(22)3-2-4-18(15)25-14-6-8-19-17(9-14)21(27-26-19)20-11-24-12-29-20/h5-9,11-12,18,25H,2-4H2,1H3,(H,26,27)/t18-/m0/s1. The quantitative estimate of drug-likeness (QED) is 0.533. The van der Waals surface area contributed by atoms with Crippen molar-refractivity contribution >= 4 is 16.6 Å². The maximum atomic E-state index is 9.37. The first-order valence-electron chi connectivity index (χ1n) is 9.52. The summed E-state index contributed by atoms with van der Waals surface area (Å²) in [5, 5.41) is 21.4. The van der Waals surface area contributed by atoms with E-state index in [-0.39, 0.29) is 6.04 Å². The molecule has 5 rings (SSSR count). The van der Waals surface area contributed by atoms with Crippen LogP contribution < -0.4 is 10.1 Å². The Labute approximate surface area is 167 Å². The first-order chi connectivity index (χ1) is 14.3. The third-order valence-corrected chi connectivity index (χ3v) is 5.49. The number of ether oxygens (including phenoxy) is 1. The second kappa shape index (κ2) is 6.99. The van der Waals surface area contributed by atoms with Crippen molar-refractivity contribution in [1.82, 2.24) is 15.2 Å². The summed E-state index contributed by atoms with van der Waals surface area (Å²) in [6.45, 7) is 0. The van der Waals surface area contributed by atoms with Gasteiger partial charge in [0.05, 0.1) is 30.4 Å². The monoisotopic (exact) mass is 385 g/mol. The smallest absolute Gasteiger partial charge is 0.181 e. The molecule has 2 N–H and O–H groups in total. The second-order valence-corrected chi connectivity index (χ2v) is 7.11. The molecule has 2 aromatic heterocycles. The highest BCUT2D eigenvalue weighted by Gasteiger charge is 2.25. The first kappa shape index (κ1) is 17.3. The van der Waals surface area contributed by atoms with Gasteiger partial charge in [-0.05, 0) is 49.1 Å². The van der Waals surface area contributed by atoms with Gasteiger partial charge in [-0.25, -0.2) is 4.98 Å². The van der Waals surface area contributed by atoms with Crippen molar-refractivity contribution in [3.8, 4) is 23.3 Å². The fourth-order valence-corrected chi connectivity index (χ4v) is 4.16. The Morgan fingerprint density at radius 1 is 1.31 bits per heavy atom. The molecule has 4 aromatic rings. The van der Waals surface area contributed by atoms with Crippen LogP contribution in [0.15, 0.2) is 47.3 Å². The van der Waals surface area contributed by atoms with E-state index in [9.17, 15) is 5.26 Å². The molecule has 0 spiro atoms. The van der Waals surface area contributed by atoms with E-state index in [0.29, 0.717) is 17.1 Å². The fourth-order valence-electron chi connectivity index (χ4n) is 4.16. The highest BCUT2D eigenvalue weighted by molar-refractivity contribution is 5.93. The van der Waals surface area contributed by atoms with Gasteiger partial charge in [-0.3, -0.25) is 5.10 Å². The molecule has 0 saturated heterocycles. The van der Waals surface area contributed by atoms with Crippen LogP contribution in [0.5, 0.6) is 5.75 Å². The summed E-state index contributed by atoms with van der Waals surface area (Å²) in [4.78, 5) is 3.99. The molecule has 0 unspecified atom stereocenters. The number of oxazole rings is 1.